The Balaban J connectivity index is 1.44. The summed E-state index contributed by atoms with van der Waals surface area (Å²) in [5.74, 6) is 1.86. The Hall–Kier alpha value is -2.93. The van der Waals surface area contributed by atoms with Crippen molar-refractivity contribution in [1.82, 2.24) is 25.1 Å². The highest BCUT2D eigenvalue weighted by Crippen LogP contribution is 2.37. The standard InChI is InChI=1S/C24H29ClN8O/c1-32(19-12-17-4-2-5-18(13-19)33(17)9-3-8-26)24-27-21-10-15(25)6-7-20(21)23(29-24)28-22-11-16(14-34)30-31-22/h6-7,10-11,17-19,34H,2-5,9,12-14H2,1H3,(H2,27,28,29,30,31). The van der Waals surface area contributed by atoms with Gasteiger partial charge in [-0.25, -0.2) is 4.98 Å². The average Bonchev–Trinajstić information content (AvgIpc) is 3.29. The molecule has 2 aromatic heterocycles. The zero-order valence-electron chi connectivity index (χ0n) is 19.2. The molecule has 1 aromatic carbocycles. The topological polar surface area (TPSA) is 117 Å². The van der Waals surface area contributed by atoms with Crippen molar-refractivity contribution < 1.29 is 5.11 Å². The second-order valence-electron chi connectivity index (χ2n) is 9.22. The van der Waals surface area contributed by atoms with Gasteiger partial charge in [0.1, 0.15) is 5.82 Å². The number of H-pyrrole nitrogens is 1. The number of aromatic nitrogens is 4. The first-order valence-corrected chi connectivity index (χ1v) is 12.2. The molecule has 10 heteroatoms. The molecule has 5 rings (SSSR count). The van der Waals surface area contributed by atoms with Gasteiger partial charge >= 0.3 is 0 Å². The van der Waals surface area contributed by atoms with E-state index in [1.165, 1.54) is 19.3 Å². The molecule has 2 unspecified atom stereocenters. The molecule has 3 N–H and O–H groups in total. The Bertz CT molecular complexity index is 1190. The molecular weight excluding hydrogens is 452 g/mol. The van der Waals surface area contributed by atoms with Crippen molar-refractivity contribution in [1.29, 1.82) is 5.26 Å². The lowest BCUT2D eigenvalue weighted by molar-refractivity contribution is 0.0326. The number of piperidine rings is 2. The Morgan fingerprint density at radius 3 is 2.76 bits per heavy atom. The lowest BCUT2D eigenvalue weighted by Gasteiger charge is -2.50. The highest BCUT2D eigenvalue weighted by molar-refractivity contribution is 6.31. The molecule has 2 aliphatic rings. The van der Waals surface area contributed by atoms with Crippen LogP contribution in [0.25, 0.3) is 10.9 Å². The lowest BCUT2D eigenvalue weighted by Crippen LogP contribution is -2.56. The molecule has 2 aliphatic heterocycles. The molecule has 34 heavy (non-hydrogen) atoms. The molecule has 0 radical (unpaired) electrons. The highest BCUT2D eigenvalue weighted by atomic mass is 35.5. The SMILES string of the molecule is CN(c1nc(Nc2cc(CO)[nH]n2)c2ccc(Cl)cc2n1)C1CC2CCCC(C1)N2CCC#N. The van der Waals surface area contributed by atoms with Crippen molar-refractivity contribution >= 4 is 40.1 Å². The minimum Gasteiger partial charge on any atom is -0.390 e. The van der Waals surface area contributed by atoms with Crippen molar-refractivity contribution in [3.05, 3.63) is 35.0 Å². The normalized spacial score (nSPS) is 22.5. The Labute approximate surface area is 203 Å². The van der Waals surface area contributed by atoms with Gasteiger partial charge in [0.2, 0.25) is 5.95 Å². The van der Waals surface area contributed by atoms with Crippen molar-refractivity contribution in [2.24, 2.45) is 0 Å². The smallest absolute Gasteiger partial charge is 0.227 e. The minimum absolute atomic E-state index is 0.113. The quantitative estimate of drug-likeness (QED) is 0.465. The molecule has 178 valence electrons. The summed E-state index contributed by atoms with van der Waals surface area (Å²) in [4.78, 5) is 14.5. The van der Waals surface area contributed by atoms with E-state index in [9.17, 15) is 5.11 Å². The number of nitrogens with zero attached hydrogens (tertiary/aromatic N) is 6. The molecule has 9 nitrogen and oxygen atoms in total. The van der Waals surface area contributed by atoms with Crippen LogP contribution >= 0.6 is 11.6 Å². The summed E-state index contributed by atoms with van der Waals surface area (Å²) < 4.78 is 0. The average molecular weight is 481 g/mol. The second-order valence-corrected chi connectivity index (χ2v) is 9.65. The zero-order valence-corrected chi connectivity index (χ0v) is 20.0. The van der Waals surface area contributed by atoms with Gasteiger partial charge in [0.05, 0.1) is 23.9 Å². The van der Waals surface area contributed by atoms with Gasteiger partial charge in [-0.2, -0.15) is 15.3 Å². The maximum absolute atomic E-state index is 9.35. The van der Waals surface area contributed by atoms with Crippen molar-refractivity contribution in [2.45, 2.75) is 63.3 Å². The summed E-state index contributed by atoms with van der Waals surface area (Å²) in [6.07, 6.45) is 6.28. The number of nitriles is 1. The summed E-state index contributed by atoms with van der Waals surface area (Å²) in [5, 5.41) is 30.2. The maximum atomic E-state index is 9.35. The van der Waals surface area contributed by atoms with Crippen LogP contribution in [0.5, 0.6) is 0 Å². The van der Waals surface area contributed by atoms with Gasteiger partial charge in [0.25, 0.3) is 0 Å². The van der Waals surface area contributed by atoms with Crippen molar-refractivity contribution in [3.63, 3.8) is 0 Å². The molecule has 4 heterocycles. The largest absolute Gasteiger partial charge is 0.390 e. The molecule has 2 fully saturated rings. The number of aromatic amines is 1. The highest BCUT2D eigenvalue weighted by Gasteiger charge is 2.39. The molecule has 0 saturated carbocycles. The first-order valence-electron chi connectivity index (χ1n) is 11.8. The molecule has 2 saturated heterocycles. The third-order valence-electron chi connectivity index (χ3n) is 7.14. The van der Waals surface area contributed by atoms with Crippen LogP contribution in [0.15, 0.2) is 24.3 Å². The van der Waals surface area contributed by atoms with Gasteiger partial charge in [-0.15, -0.1) is 0 Å². The van der Waals surface area contributed by atoms with Crippen molar-refractivity contribution in [3.8, 4) is 6.07 Å². The number of aliphatic hydroxyl groups excluding tert-OH is 1. The van der Waals surface area contributed by atoms with Gasteiger partial charge in [0.15, 0.2) is 5.82 Å². The van der Waals surface area contributed by atoms with E-state index >= 15 is 0 Å². The van der Waals surface area contributed by atoms with Gasteiger partial charge in [-0.05, 0) is 43.9 Å². The van der Waals surface area contributed by atoms with Gasteiger partial charge in [-0.3, -0.25) is 10.00 Å². The Morgan fingerprint density at radius 1 is 1.26 bits per heavy atom. The van der Waals surface area contributed by atoms with E-state index in [2.05, 4.69) is 38.4 Å². The fraction of sp³-hybridized carbons (Fsp3) is 0.500. The van der Waals surface area contributed by atoms with Gasteiger partial charge < -0.3 is 15.3 Å². The molecule has 2 atom stereocenters. The number of halogens is 1. The number of anilines is 3. The summed E-state index contributed by atoms with van der Waals surface area (Å²) >= 11 is 6.29. The first-order chi connectivity index (χ1) is 16.6. The number of benzene rings is 1. The van der Waals surface area contributed by atoms with Crippen LogP contribution in [0.4, 0.5) is 17.6 Å². The summed E-state index contributed by atoms with van der Waals surface area (Å²) in [7, 11) is 2.07. The van der Waals surface area contributed by atoms with E-state index in [-0.39, 0.29) is 6.61 Å². The van der Waals surface area contributed by atoms with E-state index in [4.69, 9.17) is 26.8 Å². The molecule has 2 bridgehead atoms. The van der Waals surface area contributed by atoms with Crippen LogP contribution in [0, 0.1) is 11.3 Å². The predicted molar refractivity (Wildman–Crippen MR) is 132 cm³/mol. The van der Waals surface area contributed by atoms with Gasteiger partial charge in [0, 0.05) is 54.6 Å². The van der Waals surface area contributed by atoms with E-state index in [0.717, 1.165) is 30.3 Å². The Morgan fingerprint density at radius 2 is 2.06 bits per heavy atom. The van der Waals surface area contributed by atoms with Crippen LogP contribution in [0.1, 0.15) is 44.2 Å². The van der Waals surface area contributed by atoms with E-state index in [1.807, 2.05) is 18.2 Å². The van der Waals surface area contributed by atoms with Gasteiger partial charge in [-0.1, -0.05) is 18.0 Å². The lowest BCUT2D eigenvalue weighted by atomic mass is 9.81. The van der Waals surface area contributed by atoms with Crippen LogP contribution in [0.3, 0.4) is 0 Å². The number of aliphatic hydroxyl groups is 1. The fourth-order valence-corrected chi connectivity index (χ4v) is 5.61. The minimum atomic E-state index is -0.113. The zero-order chi connectivity index (χ0) is 23.7. The third kappa shape index (κ3) is 4.53. The van der Waals surface area contributed by atoms with E-state index < -0.39 is 0 Å². The maximum Gasteiger partial charge on any atom is 0.227 e. The van der Waals surface area contributed by atoms with Crippen LogP contribution in [-0.4, -0.2) is 61.9 Å². The number of nitrogens with one attached hydrogen (secondary N) is 2. The number of hydrogen-bond donors (Lipinski definition) is 3. The second kappa shape index (κ2) is 9.74. The first kappa shape index (κ1) is 22.8. The van der Waals surface area contributed by atoms with Crippen LogP contribution < -0.4 is 10.2 Å². The molecular formula is C24H29ClN8O. The van der Waals surface area contributed by atoms with E-state index in [0.29, 0.717) is 52.8 Å². The Kier molecular flexibility index (Phi) is 6.55. The number of rotatable bonds is 7. The molecule has 3 aromatic rings. The fourth-order valence-electron chi connectivity index (χ4n) is 5.44. The van der Waals surface area contributed by atoms with Crippen molar-refractivity contribution in [2.75, 3.05) is 23.8 Å². The number of hydrogen-bond acceptors (Lipinski definition) is 8. The summed E-state index contributed by atoms with van der Waals surface area (Å²) in [5.41, 5.74) is 1.38. The van der Waals surface area contributed by atoms with E-state index in [1.54, 1.807) is 6.07 Å². The molecule has 0 amide bonds. The third-order valence-corrected chi connectivity index (χ3v) is 7.38. The summed E-state index contributed by atoms with van der Waals surface area (Å²) in [6, 6.07) is 11.0. The molecule has 0 aliphatic carbocycles. The monoisotopic (exact) mass is 480 g/mol. The number of fused-ring (bicyclic) bond motifs is 3. The van der Waals surface area contributed by atoms with Crippen LogP contribution in [-0.2, 0) is 6.61 Å². The summed E-state index contributed by atoms with van der Waals surface area (Å²) in [6.45, 7) is 0.749. The van der Waals surface area contributed by atoms with Crippen LogP contribution in [0.2, 0.25) is 5.02 Å². The molecule has 0 spiro atoms. The predicted octanol–water partition coefficient (Wildman–Crippen LogP) is 3.98.